The zero-order chi connectivity index (χ0) is 9.42. The van der Waals surface area contributed by atoms with Gasteiger partial charge in [0.2, 0.25) is 0 Å². The highest BCUT2D eigenvalue weighted by atomic mass is 16.3. The quantitative estimate of drug-likeness (QED) is 0.635. The second-order valence-electron chi connectivity index (χ2n) is 3.84. The third-order valence-corrected chi connectivity index (χ3v) is 2.67. The van der Waals surface area contributed by atoms with Gasteiger partial charge in [-0.15, -0.1) is 0 Å². The summed E-state index contributed by atoms with van der Waals surface area (Å²) in [7, 11) is 0. The fraction of sp³-hybridized carbons (Fsp3) is 0.455. The van der Waals surface area contributed by atoms with Crippen LogP contribution in [-0.4, -0.2) is 11.1 Å². The minimum absolute atomic E-state index is 0.264. The number of hydrogen-bond acceptors (Lipinski definition) is 2. The van der Waals surface area contributed by atoms with Gasteiger partial charge in [-0.3, -0.25) is 0 Å². The first-order chi connectivity index (χ1) is 6.18. The van der Waals surface area contributed by atoms with Crippen molar-refractivity contribution in [2.24, 2.45) is 0 Å². The maximum absolute atomic E-state index is 9.67. The van der Waals surface area contributed by atoms with E-state index in [1.54, 1.807) is 6.07 Å². The molecule has 1 aliphatic rings. The number of benzene rings is 1. The van der Waals surface area contributed by atoms with Gasteiger partial charge in [-0.25, -0.2) is 0 Å². The summed E-state index contributed by atoms with van der Waals surface area (Å²) in [6.45, 7) is 4.26. The predicted molar refractivity (Wildman–Crippen MR) is 52.8 cm³/mol. The molecule has 2 nitrogen and oxygen atoms in total. The number of phenolic OH excluding ortho intramolecular Hbond substituents is 1. The first-order valence-electron chi connectivity index (χ1n) is 4.75. The first kappa shape index (κ1) is 8.57. The van der Waals surface area contributed by atoms with Crippen molar-refractivity contribution in [2.75, 3.05) is 0 Å². The molecule has 1 aliphatic heterocycles. The lowest BCUT2D eigenvalue weighted by atomic mass is 9.91. The molecule has 0 bridgehead atoms. The lowest BCUT2D eigenvalue weighted by Crippen LogP contribution is -2.35. The molecule has 0 spiro atoms. The Hall–Kier alpha value is -1.02. The topological polar surface area (TPSA) is 32.3 Å². The van der Waals surface area contributed by atoms with Crippen LogP contribution in [0.1, 0.15) is 31.0 Å². The summed E-state index contributed by atoms with van der Waals surface area (Å²) in [6.07, 6.45) is 1.01. The molecule has 0 saturated carbocycles. The highest BCUT2D eigenvalue weighted by Crippen LogP contribution is 2.31. The number of rotatable bonds is 0. The minimum atomic E-state index is 0.264. The van der Waals surface area contributed by atoms with Crippen LogP contribution in [0, 0.1) is 0 Å². The molecular weight excluding hydrogens is 162 g/mol. The Morgan fingerprint density at radius 3 is 2.92 bits per heavy atom. The fourth-order valence-electron chi connectivity index (χ4n) is 2.18. The van der Waals surface area contributed by atoms with E-state index < -0.39 is 0 Å². The molecule has 0 saturated heterocycles. The Morgan fingerprint density at radius 2 is 2.15 bits per heavy atom. The Morgan fingerprint density at radius 1 is 1.38 bits per heavy atom. The number of phenols is 1. The van der Waals surface area contributed by atoms with Gasteiger partial charge in [0, 0.05) is 17.6 Å². The van der Waals surface area contributed by atoms with Crippen molar-refractivity contribution in [2.45, 2.75) is 32.4 Å². The molecular formula is C11H15NO. The number of nitrogens with one attached hydrogen (secondary N) is 1. The maximum Gasteiger partial charge on any atom is 0.120 e. The van der Waals surface area contributed by atoms with Gasteiger partial charge < -0.3 is 10.4 Å². The third-order valence-electron chi connectivity index (χ3n) is 2.67. The van der Waals surface area contributed by atoms with Crippen LogP contribution in [-0.2, 0) is 6.42 Å². The standard InChI is InChI=1S/C11H15NO/c1-7-6-9-4-3-5-10(13)11(9)8(2)12-7/h3-5,7-8,12-13H,6H2,1-2H3/t7-,8-/m1/s1. The molecule has 70 valence electrons. The van der Waals surface area contributed by atoms with Crippen LogP contribution >= 0.6 is 0 Å². The molecule has 0 amide bonds. The first-order valence-corrected chi connectivity index (χ1v) is 4.75. The van der Waals surface area contributed by atoms with Gasteiger partial charge in [-0.05, 0) is 31.9 Å². The van der Waals surface area contributed by atoms with E-state index in [-0.39, 0.29) is 6.04 Å². The van der Waals surface area contributed by atoms with E-state index in [9.17, 15) is 5.11 Å². The molecule has 0 unspecified atom stereocenters. The van der Waals surface area contributed by atoms with Crippen molar-refractivity contribution >= 4 is 0 Å². The molecule has 0 fully saturated rings. The summed E-state index contributed by atoms with van der Waals surface area (Å²) in [4.78, 5) is 0. The van der Waals surface area contributed by atoms with Crippen LogP contribution in [0.3, 0.4) is 0 Å². The van der Waals surface area contributed by atoms with Crippen molar-refractivity contribution in [3.63, 3.8) is 0 Å². The number of aromatic hydroxyl groups is 1. The van der Waals surface area contributed by atoms with E-state index in [1.165, 1.54) is 5.56 Å². The Balaban J connectivity index is 2.49. The molecule has 2 heteroatoms. The fourth-order valence-corrected chi connectivity index (χ4v) is 2.18. The Kier molecular flexibility index (Phi) is 2.00. The number of fused-ring (bicyclic) bond motifs is 1. The Labute approximate surface area is 78.6 Å². The molecule has 0 aromatic heterocycles. The van der Waals surface area contributed by atoms with Crippen molar-refractivity contribution < 1.29 is 5.11 Å². The predicted octanol–water partition coefficient (Wildman–Crippen LogP) is 1.99. The SMILES string of the molecule is C[C@@H]1Cc2cccc(O)c2[C@@H](C)N1. The van der Waals surface area contributed by atoms with Gasteiger partial charge in [-0.1, -0.05) is 12.1 Å². The van der Waals surface area contributed by atoms with Crippen LogP contribution < -0.4 is 5.32 Å². The van der Waals surface area contributed by atoms with Crippen LogP contribution in [0.25, 0.3) is 0 Å². The van der Waals surface area contributed by atoms with Crippen LogP contribution in [0.15, 0.2) is 18.2 Å². The highest BCUT2D eigenvalue weighted by molar-refractivity contribution is 5.43. The zero-order valence-electron chi connectivity index (χ0n) is 8.04. The van der Waals surface area contributed by atoms with Crippen molar-refractivity contribution in [1.82, 2.24) is 5.32 Å². The van der Waals surface area contributed by atoms with E-state index in [1.807, 2.05) is 6.07 Å². The normalized spacial score (nSPS) is 26.9. The summed E-state index contributed by atoms with van der Waals surface area (Å²) >= 11 is 0. The van der Waals surface area contributed by atoms with E-state index in [0.717, 1.165) is 12.0 Å². The number of hydrogen-bond donors (Lipinski definition) is 2. The second kappa shape index (κ2) is 3.04. The van der Waals surface area contributed by atoms with E-state index >= 15 is 0 Å². The molecule has 0 radical (unpaired) electrons. The van der Waals surface area contributed by atoms with Crippen molar-refractivity contribution in [1.29, 1.82) is 0 Å². The lowest BCUT2D eigenvalue weighted by molar-refractivity contribution is 0.409. The molecule has 1 aromatic rings. The van der Waals surface area contributed by atoms with Gasteiger partial charge in [0.25, 0.3) is 0 Å². The maximum atomic E-state index is 9.67. The minimum Gasteiger partial charge on any atom is -0.508 e. The largest absolute Gasteiger partial charge is 0.508 e. The molecule has 2 N–H and O–H groups in total. The second-order valence-corrected chi connectivity index (χ2v) is 3.84. The molecule has 13 heavy (non-hydrogen) atoms. The van der Waals surface area contributed by atoms with Crippen molar-refractivity contribution in [3.8, 4) is 5.75 Å². The molecule has 2 atom stereocenters. The average Bonchev–Trinajstić information content (AvgIpc) is 2.02. The molecule has 1 heterocycles. The lowest BCUT2D eigenvalue weighted by Gasteiger charge is -2.29. The monoisotopic (exact) mass is 177 g/mol. The van der Waals surface area contributed by atoms with Gasteiger partial charge >= 0.3 is 0 Å². The van der Waals surface area contributed by atoms with Gasteiger partial charge in [0.1, 0.15) is 5.75 Å². The average molecular weight is 177 g/mol. The molecule has 1 aromatic carbocycles. The van der Waals surface area contributed by atoms with Crippen LogP contribution in [0.4, 0.5) is 0 Å². The van der Waals surface area contributed by atoms with Crippen LogP contribution in [0.2, 0.25) is 0 Å². The summed E-state index contributed by atoms with van der Waals surface area (Å²) in [6, 6.07) is 6.54. The van der Waals surface area contributed by atoms with E-state index in [4.69, 9.17) is 0 Å². The summed E-state index contributed by atoms with van der Waals surface area (Å²) in [5.74, 6) is 0.421. The molecule has 0 aliphatic carbocycles. The third kappa shape index (κ3) is 1.42. The van der Waals surface area contributed by atoms with Gasteiger partial charge in [0.15, 0.2) is 0 Å². The highest BCUT2D eigenvalue weighted by Gasteiger charge is 2.22. The summed E-state index contributed by atoms with van der Waals surface area (Å²) in [5.41, 5.74) is 2.35. The van der Waals surface area contributed by atoms with Gasteiger partial charge in [-0.2, -0.15) is 0 Å². The van der Waals surface area contributed by atoms with Crippen LogP contribution in [0.5, 0.6) is 5.75 Å². The van der Waals surface area contributed by atoms with E-state index in [0.29, 0.717) is 11.8 Å². The molecule has 2 rings (SSSR count). The Bertz CT molecular complexity index is 322. The summed E-state index contributed by atoms with van der Waals surface area (Å²) in [5, 5.41) is 13.1. The van der Waals surface area contributed by atoms with E-state index in [2.05, 4.69) is 25.2 Å². The smallest absolute Gasteiger partial charge is 0.120 e. The zero-order valence-corrected chi connectivity index (χ0v) is 8.04. The van der Waals surface area contributed by atoms with Crippen molar-refractivity contribution in [3.05, 3.63) is 29.3 Å². The van der Waals surface area contributed by atoms with Gasteiger partial charge in [0.05, 0.1) is 0 Å². The summed E-state index contributed by atoms with van der Waals surface area (Å²) < 4.78 is 0.